The van der Waals surface area contributed by atoms with Crippen LogP contribution in [-0.2, 0) is 19.1 Å². The van der Waals surface area contributed by atoms with Gasteiger partial charge in [-0.15, -0.1) is 0 Å². The lowest BCUT2D eigenvalue weighted by Crippen LogP contribution is -2.62. The summed E-state index contributed by atoms with van der Waals surface area (Å²) in [5.74, 6) is -0.712. The number of Topliss-reactive ketones (excluding diaryl/α,β-unsaturated/α-hetero) is 1. The second-order valence-corrected chi connectivity index (χ2v) is 10.3. The molecule has 0 aromatic rings. The van der Waals surface area contributed by atoms with Crippen molar-refractivity contribution in [2.24, 2.45) is 34.5 Å². The third-order valence-corrected chi connectivity index (χ3v) is 8.84. The number of fused-ring (bicyclic) bond motifs is 5. The van der Waals surface area contributed by atoms with Gasteiger partial charge in [0, 0.05) is 23.7 Å². The lowest BCUT2D eigenvalue weighted by molar-refractivity contribution is -0.182. The zero-order chi connectivity index (χ0) is 22.1. The topological polar surface area (TPSA) is 101 Å². The molecule has 0 heterocycles. The Morgan fingerprint density at radius 3 is 2.67 bits per heavy atom. The monoisotopic (exact) mass is 416 g/mol. The molecule has 0 aliphatic heterocycles. The van der Waals surface area contributed by atoms with E-state index in [2.05, 4.69) is 13.8 Å². The Kier molecular flexibility index (Phi) is 4.90. The number of ketones is 2. The standard InChI is InChI=1S/C24H32O6/c1-13-9-16-17-6-8-24(29,20(28)12-30-14(2)25)23(17,4)11-19(27)21(16)22(3)7-5-15(26)10-18(13)22/h5,7,10,13,16-17,19,21,27,29H,6,8-9,11-12H2,1-4H3/t13-,16-,17-,19-,21+,22+,23-,24-/m1/s1. The molecule has 4 aliphatic rings. The van der Waals surface area contributed by atoms with E-state index in [4.69, 9.17) is 4.74 Å². The number of rotatable bonds is 3. The Morgan fingerprint density at radius 1 is 1.30 bits per heavy atom. The van der Waals surface area contributed by atoms with Crippen LogP contribution in [0.5, 0.6) is 0 Å². The van der Waals surface area contributed by atoms with Crippen LogP contribution in [0, 0.1) is 34.5 Å². The predicted molar refractivity (Wildman–Crippen MR) is 109 cm³/mol. The summed E-state index contributed by atoms with van der Waals surface area (Å²) in [6.07, 6.45) is 6.71. The quantitative estimate of drug-likeness (QED) is 0.685. The van der Waals surface area contributed by atoms with Crippen LogP contribution in [0.3, 0.4) is 0 Å². The summed E-state index contributed by atoms with van der Waals surface area (Å²) in [5.41, 5.74) is -1.72. The molecule has 0 bridgehead atoms. The third kappa shape index (κ3) is 2.79. The second kappa shape index (κ2) is 6.86. The van der Waals surface area contributed by atoms with E-state index >= 15 is 0 Å². The summed E-state index contributed by atoms with van der Waals surface area (Å²) in [4.78, 5) is 36.1. The molecule has 6 nitrogen and oxygen atoms in total. The first-order valence-corrected chi connectivity index (χ1v) is 11.0. The van der Waals surface area contributed by atoms with E-state index in [9.17, 15) is 24.6 Å². The zero-order valence-corrected chi connectivity index (χ0v) is 18.2. The Hall–Kier alpha value is -1.79. The van der Waals surface area contributed by atoms with Gasteiger partial charge in [0.05, 0.1) is 6.10 Å². The number of esters is 1. The van der Waals surface area contributed by atoms with Crippen LogP contribution in [0.1, 0.15) is 53.4 Å². The number of aliphatic hydroxyl groups excluding tert-OH is 1. The molecule has 0 radical (unpaired) electrons. The van der Waals surface area contributed by atoms with Crippen LogP contribution in [0.4, 0.5) is 0 Å². The van der Waals surface area contributed by atoms with Crippen molar-refractivity contribution in [3.05, 3.63) is 23.8 Å². The predicted octanol–water partition coefficient (Wildman–Crippen LogP) is 2.37. The number of hydrogen-bond donors (Lipinski definition) is 2. The first-order chi connectivity index (χ1) is 13.9. The molecule has 0 amide bonds. The van der Waals surface area contributed by atoms with E-state index in [0.717, 1.165) is 12.0 Å². The fourth-order valence-corrected chi connectivity index (χ4v) is 7.50. The van der Waals surface area contributed by atoms with E-state index < -0.39 is 40.9 Å². The number of aliphatic hydroxyl groups is 2. The molecule has 30 heavy (non-hydrogen) atoms. The van der Waals surface area contributed by atoms with E-state index in [1.807, 2.05) is 13.0 Å². The lowest BCUT2D eigenvalue weighted by Gasteiger charge is -2.60. The molecule has 2 N–H and O–H groups in total. The van der Waals surface area contributed by atoms with Gasteiger partial charge in [-0.3, -0.25) is 14.4 Å². The molecular formula is C24H32O6. The molecule has 8 atom stereocenters. The highest BCUT2D eigenvalue weighted by Crippen LogP contribution is 2.67. The number of carbonyl (C=O) groups is 3. The summed E-state index contributed by atoms with van der Waals surface area (Å²) in [6, 6.07) is 0. The van der Waals surface area contributed by atoms with Gasteiger partial charge < -0.3 is 14.9 Å². The van der Waals surface area contributed by atoms with Gasteiger partial charge in [0.1, 0.15) is 5.60 Å². The molecule has 4 rings (SSSR count). The highest BCUT2D eigenvalue weighted by atomic mass is 16.5. The fourth-order valence-electron chi connectivity index (χ4n) is 7.50. The van der Waals surface area contributed by atoms with E-state index in [-0.39, 0.29) is 29.5 Å². The van der Waals surface area contributed by atoms with Crippen molar-refractivity contribution in [1.82, 2.24) is 0 Å². The minimum Gasteiger partial charge on any atom is -0.458 e. The summed E-state index contributed by atoms with van der Waals surface area (Å²) < 4.78 is 4.89. The van der Waals surface area contributed by atoms with E-state index in [1.165, 1.54) is 6.92 Å². The van der Waals surface area contributed by atoms with Crippen molar-refractivity contribution in [3.8, 4) is 0 Å². The fraction of sp³-hybridized carbons (Fsp3) is 0.708. The van der Waals surface area contributed by atoms with Crippen molar-refractivity contribution in [3.63, 3.8) is 0 Å². The van der Waals surface area contributed by atoms with Crippen LogP contribution in [0.15, 0.2) is 23.8 Å². The molecule has 6 heteroatoms. The molecule has 4 aliphatic carbocycles. The highest BCUT2D eigenvalue weighted by molar-refractivity contribution is 6.01. The largest absolute Gasteiger partial charge is 0.458 e. The molecule has 164 valence electrons. The van der Waals surface area contributed by atoms with Gasteiger partial charge in [0.2, 0.25) is 5.78 Å². The molecule has 0 aromatic carbocycles. The maximum absolute atomic E-state index is 12.9. The Bertz CT molecular complexity index is 858. The number of carbonyl (C=O) groups excluding carboxylic acids is 3. The van der Waals surface area contributed by atoms with Crippen LogP contribution < -0.4 is 0 Å². The van der Waals surface area contributed by atoms with Gasteiger partial charge in [-0.25, -0.2) is 0 Å². The minimum atomic E-state index is -1.61. The zero-order valence-electron chi connectivity index (χ0n) is 18.2. The maximum Gasteiger partial charge on any atom is 0.303 e. The van der Waals surface area contributed by atoms with E-state index in [0.29, 0.717) is 19.3 Å². The molecule has 0 aromatic heterocycles. The summed E-state index contributed by atoms with van der Waals surface area (Å²) in [5, 5.41) is 22.9. The van der Waals surface area contributed by atoms with Gasteiger partial charge in [-0.2, -0.15) is 0 Å². The van der Waals surface area contributed by atoms with Gasteiger partial charge in [-0.05, 0) is 55.6 Å². The Balaban J connectivity index is 1.70. The van der Waals surface area contributed by atoms with Crippen molar-refractivity contribution in [2.75, 3.05) is 6.61 Å². The first kappa shape index (κ1) is 21.4. The summed E-state index contributed by atoms with van der Waals surface area (Å²) >= 11 is 0. The van der Waals surface area contributed by atoms with Crippen molar-refractivity contribution < 1.29 is 29.3 Å². The highest BCUT2D eigenvalue weighted by Gasteiger charge is 2.68. The van der Waals surface area contributed by atoms with Gasteiger partial charge in [0.15, 0.2) is 12.4 Å². The molecule has 3 fully saturated rings. The number of ether oxygens (including phenoxy) is 1. The third-order valence-electron chi connectivity index (χ3n) is 8.84. The average molecular weight is 417 g/mol. The maximum atomic E-state index is 12.9. The van der Waals surface area contributed by atoms with Gasteiger partial charge in [0.25, 0.3) is 0 Å². The smallest absolute Gasteiger partial charge is 0.303 e. The van der Waals surface area contributed by atoms with Crippen molar-refractivity contribution >= 4 is 17.5 Å². The number of hydrogen-bond acceptors (Lipinski definition) is 6. The molecular weight excluding hydrogens is 384 g/mol. The second-order valence-electron chi connectivity index (χ2n) is 10.3. The molecule has 0 spiro atoms. The summed E-state index contributed by atoms with van der Waals surface area (Å²) in [6.45, 7) is 6.94. The molecule has 0 unspecified atom stereocenters. The van der Waals surface area contributed by atoms with Crippen LogP contribution in [0.2, 0.25) is 0 Å². The van der Waals surface area contributed by atoms with Crippen molar-refractivity contribution in [1.29, 1.82) is 0 Å². The lowest BCUT2D eigenvalue weighted by atomic mass is 9.45. The normalized spacial score (nSPS) is 47.1. The number of allylic oxidation sites excluding steroid dienone is 4. The summed E-state index contributed by atoms with van der Waals surface area (Å²) in [7, 11) is 0. The Morgan fingerprint density at radius 2 is 2.00 bits per heavy atom. The molecule has 3 saturated carbocycles. The minimum absolute atomic E-state index is 0.00535. The van der Waals surface area contributed by atoms with Crippen molar-refractivity contribution in [2.45, 2.75) is 65.1 Å². The Labute approximate surface area is 177 Å². The molecule has 0 saturated heterocycles. The van der Waals surface area contributed by atoms with Gasteiger partial charge >= 0.3 is 5.97 Å². The SMILES string of the molecule is CC(=O)OCC(=O)[C@]1(O)CC[C@@H]2[C@H]3C[C@@H](C)C4=CC(=O)C=C[C@]4(C)[C@@H]3[C@H](O)C[C@]21C. The average Bonchev–Trinajstić information content (AvgIpc) is 2.93. The van der Waals surface area contributed by atoms with Crippen LogP contribution in [0.25, 0.3) is 0 Å². The first-order valence-electron chi connectivity index (χ1n) is 11.0. The van der Waals surface area contributed by atoms with E-state index in [1.54, 1.807) is 12.2 Å². The van der Waals surface area contributed by atoms with Crippen LogP contribution in [-0.4, -0.2) is 46.1 Å². The van der Waals surface area contributed by atoms with Crippen LogP contribution >= 0.6 is 0 Å². The van der Waals surface area contributed by atoms with Gasteiger partial charge in [-0.1, -0.05) is 32.4 Å².